The predicted molar refractivity (Wildman–Crippen MR) is 22.1 cm³/mol. The molecule has 0 saturated carbocycles. The second kappa shape index (κ2) is 2.97. The molecule has 0 bridgehead atoms. The molecule has 0 fully saturated rings. The maximum Gasteiger partial charge on any atom is 0.135 e. The van der Waals surface area contributed by atoms with E-state index in [0.29, 0.717) is 0 Å². The molecule has 1 atom stereocenters. The lowest BCUT2D eigenvalue weighted by molar-refractivity contribution is 0.263. The van der Waals surface area contributed by atoms with Gasteiger partial charge < -0.3 is 9.53 Å². The molecule has 0 amide bonds. The summed E-state index contributed by atoms with van der Waals surface area (Å²) >= 11 is 5.09. The standard InChI is InChI=1S/C3H4ClO2/c1-3(4)6-2-5/h3H,1H3/q-1. The van der Waals surface area contributed by atoms with Crippen LogP contribution in [0.4, 0.5) is 0 Å². The monoisotopic (exact) mass is 107 g/mol. The molecule has 0 aliphatic heterocycles. The van der Waals surface area contributed by atoms with Crippen molar-refractivity contribution >= 4 is 18.1 Å². The summed E-state index contributed by atoms with van der Waals surface area (Å²) < 4.78 is 4.00. The van der Waals surface area contributed by atoms with E-state index in [9.17, 15) is 4.79 Å². The first kappa shape index (κ1) is 5.76. The number of carbonyl (C=O) groups excluding carboxylic acids is 1. The molecule has 6 heavy (non-hydrogen) atoms. The zero-order valence-electron chi connectivity index (χ0n) is 3.27. The minimum atomic E-state index is -0.553. The number of ether oxygens (including phenoxy) is 1. The van der Waals surface area contributed by atoms with Gasteiger partial charge in [0.2, 0.25) is 0 Å². The van der Waals surface area contributed by atoms with Crippen LogP contribution in [-0.4, -0.2) is 12.0 Å². The minimum absolute atomic E-state index is 0.553. The van der Waals surface area contributed by atoms with E-state index in [1.54, 1.807) is 0 Å². The average molecular weight is 108 g/mol. The number of rotatable bonds is 2. The van der Waals surface area contributed by atoms with Crippen molar-refractivity contribution in [3.63, 3.8) is 0 Å². The lowest BCUT2D eigenvalue weighted by atomic mass is 10.9. The average Bonchev–Trinajstić information content (AvgIpc) is 1.35. The number of alkyl halides is 1. The van der Waals surface area contributed by atoms with Crippen LogP contribution in [0.15, 0.2) is 0 Å². The van der Waals surface area contributed by atoms with Crippen molar-refractivity contribution in [1.29, 1.82) is 0 Å². The minimum Gasteiger partial charge on any atom is -0.640 e. The summed E-state index contributed by atoms with van der Waals surface area (Å²) in [6.45, 7) is 2.72. The van der Waals surface area contributed by atoms with E-state index in [-0.39, 0.29) is 0 Å². The van der Waals surface area contributed by atoms with Crippen molar-refractivity contribution in [2.45, 2.75) is 12.5 Å². The summed E-state index contributed by atoms with van der Waals surface area (Å²) in [5, 5.41) is 0. The van der Waals surface area contributed by atoms with Crippen LogP contribution in [0.1, 0.15) is 6.92 Å². The van der Waals surface area contributed by atoms with Crippen LogP contribution >= 0.6 is 11.6 Å². The molecule has 0 aromatic rings. The largest absolute Gasteiger partial charge is 0.640 e. The van der Waals surface area contributed by atoms with Gasteiger partial charge in [-0.05, 0) is 6.92 Å². The first-order chi connectivity index (χ1) is 2.77. The third-order valence-electron chi connectivity index (χ3n) is 0.211. The molecule has 0 spiro atoms. The third kappa shape index (κ3) is 3.76. The van der Waals surface area contributed by atoms with Gasteiger partial charge in [0, 0.05) is 0 Å². The fraction of sp³-hybridized carbons (Fsp3) is 0.667. The SMILES string of the molecule is CC(Cl)O[C-]=O. The molecule has 0 aromatic carbocycles. The van der Waals surface area contributed by atoms with Gasteiger partial charge in [0.15, 0.2) is 0 Å². The van der Waals surface area contributed by atoms with Gasteiger partial charge in [-0.2, -0.15) is 0 Å². The van der Waals surface area contributed by atoms with Gasteiger partial charge in [-0.1, -0.05) is 18.1 Å². The highest BCUT2D eigenvalue weighted by Gasteiger charge is 1.78. The number of hydrogen-bond donors (Lipinski definition) is 0. The fourth-order valence-corrected chi connectivity index (χ4v) is 0.103. The molecule has 36 valence electrons. The van der Waals surface area contributed by atoms with Crippen LogP contribution in [-0.2, 0) is 9.53 Å². The van der Waals surface area contributed by atoms with E-state index < -0.39 is 5.56 Å². The van der Waals surface area contributed by atoms with Crippen molar-refractivity contribution in [1.82, 2.24) is 0 Å². The van der Waals surface area contributed by atoms with Crippen LogP contribution in [0.3, 0.4) is 0 Å². The van der Waals surface area contributed by atoms with Gasteiger partial charge in [0.05, 0.1) is 0 Å². The molecule has 0 aliphatic rings. The first-order valence-electron chi connectivity index (χ1n) is 1.44. The van der Waals surface area contributed by atoms with Gasteiger partial charge in [0.25, 0.3) is 0 Å². The highest BCUT2D eigenvalue weighted by atomic mass is 35.5. The molecule has 1 unspecified atom stereocenters. The molecule has 0 aromatic heterocycles. The molecule has 0 N–H and O–H groups in total. The Morgan fingerprint density at radius 2 is 2.50 bits per heavy atom. The molecule has 0 rings (SSSR count). The van der Waals surface area contributed by atoms with Gasteiger partial charge in [-0.25, -0.2) is 0 Å². The molecular weight excluding hydrogens is 103 g/mol. The van der Waals surface area contributed by atoms with E-state index in [1.165, 1.54) is 13.4 Å². The summed E-state index contributed by atoms with van der Waals surface area (Å²) in [5.74, 6) is 0. The van der Waals surface area contributed by atoms with Crippen molar-refractivity contribution in [2.75, 3.05) is 0 Å². The first-order valence-corrected chi connectivity index (χ1v) is 1.88. The Bertz CT molecular complexity index is 44.1. The molecule has 0 heterocycles. The smallest absolute Gasteiger partial charge is 0.135 e. The molecule has 0 saturated heterocycles. The normalized spacial score (nSPS) is 13.0. The molecule has 3 heteroatoms. The van der Waals surface area contributed by atoms with E-state index in [4.69, 9.17) is 11.6 Å². The summed E-state index contributed by atoms with van der Waals surface area (Å²) in [5.41, 5.74) is -0.553. The highest BCUT2D eigenvalue weighted by molar-refractivity contribution is 6.19. The van der Waals surface area contributed by atoms with Crippen molar-refractivity contribution in [3.05, 3.63) is 0 Å². The number of hydrogen-bond acceptors (Lipinski definition) is 2. The Morgan fingerprint density at radius 3 is 2.50 bits per heavy atom. The lowest BCUT2D eigenvalue weighted by Crippen LogP contribution is -1.94. The van der Waals surface area contributed by atoms with E-state index in [2.05, 4.69) is 4.74 Å². The van der Waals surface area contributed by atoms with Crippen molar-refractivity contribution < 1.29 is 9.53 Å². The molecular formula is C3H4ClO2-. The zero-order valence-corrected chi connectivity index (χ0v) is 4.03. The summed E-state index contributed by atoms with van der Waals surface area (Å²) in [6.07, 6.45) is 0. The molecule has 2 nitrogen and oxygen atoms in total. The van der Waals surface area contributed by atoms with Crippen LogP contribution in [0.25, 0.3) is 0 Å². The Kier molecular flexibility index (Phi) is 2.85. The fourth-order valence-electron chi connectivity index (χ4n) is 0.0663. The molecule has 0 aliphatic carbocycles. The van der Waals surface area contributed by atoms with Gasteiger partial charge >= 0.3 is 0 Å². The van der Waals surface area contributed by atoms with Gasteiger partial charge in [0.1, 0.15) is 5.56 Å². The van der Waals surface area contributed by atoms with Crippen LogP contribution in [0.2, 0.25) is 0 Å². The van der Waals surface area contributed by atoms with Crippen LogP contribution in [0.5, 0.6) is 0 Å². The maximum absolute atomic E-state index is 9.18. The summed E-state index contributed by atoms with van der Waals surface area (Å²) in [6, 6.07) is 0. The summed E-state index contributed by atoms with van der Waals surface area (Å²) in [7, 11) is 0. The lowest BCUT2D eigenvalue weighted by Gasteiger charge is -2.06. The van der Waals surface area contributed by atoms with E-state index in [1.807, 2.05) is 0 Å². The zero-order chi connectivity index (χ0) is 4.99. The Balaban J connectivity index is 2.81. The second-order valence-electron chi connectivity index (χ2n) is 0.744. The van der Waals surface area contributed by atoms with Crippen molar-refractivity contribution in [3.8, 4) is 0 Å². The Morgan fingerprint density at radius 1 is 2.00 bits per heavy atom. The van der Waals surface area contributed by atoms with E-state index >= 15 is 0 Å². The second-order valence-corrected chi connectivity index (χ2v) is 1.36. The topological polar surface area (TPSA) is 26.3 Å². The number of halogens is 1. The maximum atomic E-state index is 9.18. The Hall–Kier alpha value is -0.240. The van der Waals surface area contributed by atoms with E-state index in [0.717, 1.165) is 0 Å². The van der Waals surface area contributed by atoms with Crippen LogP contribution < -0.4 is 0 Å². The predicted octanol–water partition coefficient (Wildman–Crippen LogP) is 0.655. The molecule has 0 radical (unpaired) electrons. The Labute approximate surface area is 41.0 Å². The highest BCUT2D eigenvalue weighted by Crippen LogP contribution is 1.89. The van der Waals surface area contributed by atoms with Crippen LogP contribution in [0, 0.1) is 0 Å². The quantitative estimate of drug-likeness (QED) is 0.383. The third-order valence-corrected chi connectivity index (χ3v) is 0.300. The van der Waals surface area contributed by atoms with Gasteiger partial charge in [-0.3, -0.25) is 0 Å². The van der Waals surface area contributed by atoms with Crippen molar-refractivity contribution in [2.24, 2.45) is 0 Å². The summed E-state index contributed by atoms with van der Waals surface area (Å²) in [4.78, 5) is 9.18. The van der Waals surface area contributed by atoms with Gasteiger partial charge in [-0.15, -0.1) is 0 Å².